The number of carbonyl (C=O) groups excluding carboxylic acids is 1. The fourth-order valence-corrected chi connectivity index (χ4v) is 1.77. The summed E-state index contributed by atoms with van der Waals surface area (Å²) in [6.45, 7) is 4.50. The van der Waals surface area contributed by atoms with Crippen LogP contribution in [0.4, 0.5) is 19.3 Å². The minimum absolute atomic E-state index is 0.0768. The molecule has 0 unspecified atom stereocenters. The van der Waals surface area contributed by atoms with Gasteiger partial charge in [-0.3, -0.25) is 5.32 Å². The maximum atomic E-state index is 13.9. The van der Waals surface area contributed by atoms with E-state index < -0.39 is 30.6 Å². The number of halogens is 2. The molecule has 7 heteroatoms. The Labute approximate surface area is 128 Å². The van der Waals surface area contributed by atoms with Gasteiger partial charge in [-0.1, -0.05) is 0 Å². The number of carbonyl (C=O) groups is 1. The Morgan fingerprint density at radius 3 is 2.45 bits per heavy atom. The summed E-state index contributed by atoms with van der Waals surface area (Å²) in [7, 11) is 1.26. The lowest BCUT2D eigenvalue weighted by Crippen LogP contribution is -2.27. The van der Waals surface area contributed by atoms with E-state index in [-0.39, 0.29) is 17.0 Å². The van der Waals surface area contributed by atoms with Crippen LogP contribution in [0.2, 0.25) is 0 Å². The Balaban J connectivity index is 2.96. The maximum Gasteiger partial charge on any atom is 0.412 e. The molecule has 5 nitrogen and oxygen atoms in total. The van der Waals surface area contributed by atoms with E-state index in [1.807, 2.05) is 0 Å². The summed E-state index contributed by atoms with van der Waals surface area (Å²) in [5, 5.41) is 11.2. The smallest absolute Gasteiger partial charge is 0.412 e. The molecule has 0 heterocycles. The number of ether oxygens (including phenoxy) is 2. The van der Waals surface area contributed by atoms with E-state index in [0.717, 1.165) is 6.07 Å². The molecular weight excluding hydrogens is 296 g/mol. The van der Waals surface area contributed by atoms with Gasteiger partial charge in [-0.05, 0) is 32.9 Å². The SMILES string of the molecule is COc1cc(NC(=O)OC(C)(C)C)ccc1C(F)(F)CCO. The predicted molar refractivity (Wildman–Crippen MR) is 78.4 cm³/mol. The van der Waals surface area contributed by atoms with Crippen molar-refractivity contribution < 1.29 is 28.2 Å². The van der Waals surface area contributed by atoms with E-state index >= 15 is 0 Å². The molecule has 0 bridgehead atoms. The van der Waals surface area contributed by atoms with E-state index in [1.165, 1.54) is 19.2 Å². The normalized spacial score (nSPS) is 12.0. The molecule has 1 rings (SSSR count). The molecule has 0 atom stereocenters. The molecule has 1 amide bonds. The number of hydrogen-bond acceptors (Lipinski definition) is 4. The second-order valence-corrected chi connectivity index (χ2v) is 5.72. The molecular formula is C15H21F2NO4. The number of methoxy groups -OCH3 is 1. The van der Waals surface area contributed by atoms with Gasteiger partial charge in [-0.2, -0.15) is 0 Å². The lowest BCUT2D eigenvalue weighted by atomic mass is 10.0. The summed E-state index contributed by atoms with van der Waals surface area (Å²) in [4.78, 5) is 11.7. The summed E-state index contributed by atoms with van der Waals surface area (Å²) >= 11 is 0. The maximum absolute atomic E-state index is 13.9. The van der Waals surface area contributed by atoms with Gasteiger partial charge in [-0.25, -0.2) is 13.6 Å². The van der Waals surface area contributed by atoms with Crippen molar-refractivity contribution in [1.82, 2.24) is 0 Å². The van der Waals surface area contributed by atoms with Gasteiger partial charge in [0.05, 0.1) is 12.7 Å². The number of anilines is 1. The molecule has 22 heavy (non-hydrogen) atoms. The zero-order valence-electron chi connectivity index (χ0n) is 13.1. The minimum atomic E-state index is -3.22. The molecule has 0 aliphatic rings. The van der Waals surface area contributed by atoms with E-state index in [1.54, 1.807) is 20.8 Å². The molecule has 124 valence electrons. The molecule has 1 aromatic rings. The van der Waals surface area contributed by atoms with Crippen LogP contribution in [0, 0.1) is 0 Å². The van der Waals surface area contributed by atoms with Crippen LogP contribution in [0.5, 0.6) is 5.75 Å². The molecule has 0 radical (unpaired) electrons. The quantitative estimate of drug-likeness (QED) is 0.872. The number of benzene rings is 1. The summed E-state index contributed by atoms with van der Waals surface area (Å²) < 4.78 is 37.8. The first-order chi connectivity index (χ1) is 10.1. The zero-order chi connectivity index (χ0) is 17.0. The van der Waals surface area contributed by atoms with Crippen molar-refractivity contribution in [2.75, 3.05) is 19.0 Å². The van der Waals surface area contributed by atoms with Crippen molar-refractivity contribution in [3.05, 3.63) is 23.8 Å². The summed E-state index contributed by atoms with van der Waals surface area (Å²) in [6.07, 6.45) is -1.40. The first-order valence-electron chi connectivity index (χ1n) is 6.76. The van der Waals surface area contributed by atoms with Gasteiger partial charge in [0.15, 0.2) is 0 Å². The first-order valence-corrected chi connectivity index (χ1v) is 6.76. The van der Waals surface area contributed by atoms with Crippen LogP contribution in [-0.2, 0) is 10.7 Å². The lowest BCUT2D eigenvalue weighted by molar-refractivity contribution is -0.0287. The standard InChI is InChI=1S/C15H21F2NO4/c1-14(2,3)22-13(20)18-10-5-6-11(12(9-10)21-4)15(16,17)7-8-19/h5-6,9,19H,7-8H2,1-4H3,(H,18,20). The van der Waals surface area contributed by atoms with Crippen molar-refractivity contribution in [3.8, 4) is 5.75 Å². The largest absolute Gasteiger partial charge is 0.496 e. The number of alkyl halides is 2. The van der Waals surface area contributed by atoms with E-state index in [0.29, 0.717) is 0 Å². The monoisotopic (exact) mass is 317 g/mol. The first kappa shape index (κ1) is 18.2. The fraction of sp³-hybridized carbons (Fsp3) is 0.533. The van der Waals surface area contributed by atoms with Gasteiger partial charge in [-0.15, -0.1) is 0 Å². The Bertz CT molecular complexity index is 527. The van der Waals surface area contributed by atoms with Crippen molar-refractivity contribution >= 4 is 11.8 Å². The number of rotatable bonds is 5. The molecule has 0 aliphatic heterocycles. The highest BCUT2D eigenvalue weighted by Crippen LogP contribution is 2.38. The van der Waals surface area contributed by atoms with Crippen LogP contribution in [0.25, 0.3) is 0 Å². The highest BCUT2D eigenvalue weighted by atomic mass is 19.3. The number of nitrogens with one attached hydrogen (secondary N) is 1. The van der Waals surface area contributed by atoms with E-state index in [4.69, 9.17) is 14.6 Å². The molecule has 1 aromatic carbocycles. The second-order valence-electron chi connectivity index (χ2n) is 5.72. The van der Waals surface area contributed by atoms with Gasteiger partial charge in [0.1, 0.15) is 11.4 Å². The minimum Gasteiger partial charge on any atom is -0.496 e. The van der Waals surface area contributed by atoms with Gasteiger partial charge in [0.2, 0.25) is 0 Å². The molecule has 0 fully saturated rings. The second kappa shape index (κ2) is 6.91. The van der Waals surface area contributed by atoms with Crippen LogP contribution in [0.15, 0.2) is 18.2 Å². The van der Waals surface area contributed by atoms with Crippen LogP contribution >= 0.6 is 0 Å². The third-order valence-corrected chi connectivity index (χ3v) is 2.67. The van der Waals surface area contributed by atoms with E-state index in [9.17, 15) is 13.6 Å². The van der Waals surface area contributed by atoms with Gasteiger partial charge in [0.25, 0.3) is 5.92 Å². The van der Waals surface area contributed by atoms with Crippen molar-refractivity contribution in [1.29, 1.82) is 0 Å². The molecule has 0 saturated carbocycles. The predicted octanol–water partition coefficient (Wildman–Crippen LogP) is 3.52. The summed E-state index contributed by atoms with van der Waals surface area (Å²) in [5.41, 5.74) is -0.740. The van der Waals surface area contributed by atoms with E-state index in [2.05, 4.69) is 5.32 Å². The van der Waals surface area contributed by atoms with Gasteiger partial charge >= 0.3 is 6.09 Å². The fourth-order valence-electron chi connectivity index (χ4n) is 1.77. The molecule has 0 aromatic heterocycles. The Morgan fingerprint density at radius 2 is 1.95 bits per heavy atom. The number of aliphatic hydroxyl groups is 1. The number of amides is 1. The third-order valence-electron chi connectivity index (χ3n) is 2.67. The highest BCUT2D eigenvalue weighted by Gasteiger charge is 2.34. The Kier molecular flexibility index (Phi) is 5.71. The Morgan fingerprint density at radius 1 is 1.32 bits per heavy atom. The van der Waals surface area contributed by atoms with Crippen molar-refractivity contribution in [2.45, 2.75) is 38.7 Å². The van der Waals surface area contributed by atoms with Crippen LogP contribution in [-0.4, -0.2) is 30.5 Å². The number of aliphatic hydroxyl groups excluding tert-OH is 1. The van der Waals surface area contributed by atoms with Crippen LogP contribution < -0.4 is 10.1 Å². The average molecular weight is 317 g/mol. The number of hydrogen-bond donors (Lipinski definition) is 2. The zero-order valence-corrected chi connectivity index (χ0v) is 13.1. The summed E-state index contributed by atoms with van der Waals surface area (Å²) in [5.74, 6) is -3.29. The van der Waals surface area contributed by atoms with Crippen LogP contribution in [0.3, 0.4) is 0 Å². The summed E-state index contributed by atoms with van der Waals surface area (Å²) in [6, 6.07) is 3.76. The molecule has 2 N–H and O–H groups in total. The highest BCUT2D eigenvalue weighted by molar-refractivity contribution is 5.85. The Hall–Kier alpha value is -1.89. The van der Waals surface area contributed by atoms with Crippen molar-refractivity contribution in [2.24, 2.45) is 0 Å². The topological polar surface area (TPSA) is 67.8 Å². The van der Waals surface area contributed by atoms with Crippen molar-refractivity contribution in [3.63, 3.8) is 0 Å². The van der Waals surface area contributed by atoms with Gasteiger partial charge < -0.3 is 14.6 Å². The molecule has 0 aliphatic carbocycles. The third kappa shape index (κ3) is 5.14. The van der Waals surface area contributed by atoms with Gasteiger partial charge in [0, 0.05) is 24.8 Å². The average Bonchev–Trinajstić information content (AvgIpc) is 2.35. The molecule has 0 spiro atoms. The molecule has 0 saturated heterocycles. The van der Waals surface area contributed by atoms with Crippen LogP contribution in [0.1, 0.15) is 32.8 Å². The lowest BCUT2D eigenvalue weighted by Gasteiger charge is -2.21.